The number of benzene rings is 1. The number of ether oxygens (including phenoxy) is 1. The van der Waals surface area contributed by atoms with Crippen molar-refractivity contribution >= 4 is 37.7 Å². The smallest absolute Gasteiger partial charge is 0.271 e. The van der Waals surface area contributed by atoms with Gasteiger partial charge < -0.3 is 15.0 Å². The lowest BCUT2D eigenvalue weighted by atomic mass is 9.90. The first kappa shape index (κ1) is 19.7. The van der Waals surface area contributed by atoms with Gasteiger partial charge in [-0.15, -0.1) is 0 Å². The SMILES string of the molecule is CNC(=O)c1nc(OCC2CCCCC2)cc2c1[nH]c1ccc(S(N)(=O)=O)cc12. The lowest BCUT2D eigenvalue weighted by Crippen LogP contribution is -2.21. The van der Waals surface area contributed by atoms with Crippen molar-refractivity contribution in [3.8, 4) is 5.88 Å². The zero-order chi connectivity index (χ0) is 20.6. The van der Waals surface area contributed by atoms with Crippen LogP contribution in [0.3, 0.4) is 0 Å². The average molecular weight is 417 g/mol. The minimum absolute atomic E-state index is 0.00822. The Morgan fingerprint density at radius 3 is 2.69 bits per heavy atom. The third-order valence-electron chi connectivity index (χ3n) is 5.50. The molecule has 8 nitrogen and oxygen atoms in total. The van der Waals surface area contributed by atoms with E-state index in [1.54, 1.807) is 12.1 Å². The Kier molecular flexibility index (Phi) is 5.18. The number of hydrogen-bond donors (Lipinski definition) is 3. The van der Waals surface area contributed by atoms with Crippen molar-refractivity contribution < 1.29 is 17.9 Å². The van der Waals surface area contributed by atoms with Gasteiger partial charge in [0.05, 0.1) is 17.0 Å². The number of aromatic nitrogens is 2. The Labute approximate surface area is 168 Å². The number of rotatable bonds is 5. The molecule has 9 heteroatoms. The second-order valence-corrected chi connectivity index (χ2v) is 9.06. The standard InChI is InChI=1S/C20H24N4O4S/c1-22-20(25)19-18-15(10-17(24-19)28-11-12-5-3-2-4-6-12)14-9-13(29(21,26)27)7-8-16(14)23-18/h7-10,12,23H,2-6,11H2,1H3,(H,22,25)(H2,21,26,27). The Hall–Kier alpha value is -2.65. The third-order valence-corrected chi connectivity index (χ3v) is 6.41. The number of nitrogens with one attached hydrogen (secondary N) is 2. The summed E-state index contributed by atoms with van der Waals surface area (Å²) in [6.45, 7) is 0.552. The number of carbonyl (C=O) groups is 1. The fourth-order valence-electron chi connectivity index (χ4n) is 3.94. The van der Waals surface area contributed by atoms with Crippen LogP contribution >= 0.6 is 0 Å². The van der Waals surface area contributed by atoms with E-state index in [1.165, 1.54) is 38.4 Å². The lowest BCUT2D eigenvalue weighted by Gasteiger charge is -2.21. The van der Waals surface area contributed by atoms with Gasteiger partial charge in [-0.05, 0) is 37.0 Å². The second kappa shape index (κ2) is 7.64. The summed E-state index contributed by atoms with van der Waals surface area (Å²) in [5, 5.41) is 9.18. The van der Waals surface area contributed by atoms with Gasteiger partial charge in [0.15, 0.2) is 5.69 Å². The predicted molar refractivity (Wildman–Crippen MR) is 110 cm³/mol. The quantitative estimate of drug-likeness (QED) is 0.589. The molecule has 0 atom stereocenters. The van der Waals surface area contributed by atoms with Crippen LogP contribution in [-0.2, 0) is 10.0 Å². The van der Waals surface area contributed by atoms with Crippen LogP contribution in [0.1, 0.15) is 42.6 Å². The molecule has 0 saturated heterocycles. The molecule has 1 fully saturated rings. The summed E-state index contributed by atoms with van der Waals surface area (Å²) in [5.41, 5.74) is 1.41. The second-order valence-electron chi connectivity index (χ2n) is 7.50. The maximum absolute atomic E-state index is 12.4. The number of nitrogens with zero attached hydrogens (tertiary/aromatic N) is 1. The van der Waals surface area contributed by atoms with Crippen molar-refractivity contribution in [3.05, 3.63) is 30.0 Å². The van der Waals surface area contributed by atoms with Crippen molar-refractivity contribution in [2.75, 3.05) is 13.7 Å². The predicted octanol–water partition coefficient (Wildman–Crippen LogP) is 2.68. The molecule has 1 aromatic carbocycles. The molecule has 2 aromatic heterocycles. The zero-order valence-electron chi connectivity index (χ0n) is 16.2. The van der Waals surface area contributed by atoms with Crippen molar-refractivity contribution in [2.45, 2.75) is 37.0 Å². The molecule has 0 unspecified atom stereocenters. The van der Waals surface area contributed by atoms with Gasteiger partial charge in [-0.3, -0.25) is 4.79 Å². The number of nitrogens with two attached hydrogens (primary N) is 1. The summed E-state index contributed by atoms with van der Waals surface area (Å²) in [7, 11) is -2.31. The molecule has 3 aromatic rings. The number of carbonyl (C=O) groups excluding carboxylic acids is 1. The number of hydrogen-bond acceptors (Lipinski definition) is 5. The molecule has 4 N–H and O–H groups in total. The first-order chi connectivity index (χ1) is 13.9. The molecule has 4 rings (SSSR count). The summed E-state index contributed by atoms with van der Waals surface area (Å²) in [6, 6.07) is 6.31. The summed E-state index contributed by atoms with van der Waals surface area (Å²) < 4.78 is 29.5. The van der Waals surface area contributed by atoms with Crippen molar-refractivity contribution in [1.82, 2.24) is 15.3 Å². The average Bonchev–Trinajstić information content (AvgIpc) is 3.09. The number of aromatic amines is 1. The van der Waals surface area contributed by atoms with Crippen LogP contribution in [0, 0.1) is 5.92 Å². The van der Waals surface area contributed by atoms with E-state index >= 15 is 0 Å². The van der Waals surface area contributed by atoms with Gasteiger partial charge in [-0.25, -0.2) is 18.5 Å². The minimum Gasteiger partial charge on any atom is -0.477 e. The normalized spacial score (nSPS) is 15.7. The Bertz CT molecular complexity index is 1180. The summed E-state index contributed by atoms with van der Waals surface area (Å²) >= 11 is 0. The van der Waals surface area contributed by atoms with Crippen LogP contribution < -0.4 is 15.2 Å². The highest BCUT2D eigenvalue weighted by Crippen LogP contribution is 2.32. The van der Waals surface area contributed by atoms with Crippen LogP contribution in [0.2, 0.25) is 0 Å². The molecular weight excluding hydrogens is 392 g/mol. The zero-order valence-corrected chi connectivity index (χ0v) is 17.0. The van der Waals surface area contributed by atoms with Gasteiger partial charge >= 0.3 is 0 Å². The molecule has 0 radical (unpaired) electrons. The molecule has 29 heavy (non-hydrogen) atoms. The fraction of sp³-hybridized carbons (Fsp3) is 0.400. The van der Waals surface area contributed by atoms with Crippen LogP contribution in [0.4, 0.5) is 0 Å². The number of primary sulfonamides is 1. The van der Waals surface area contributed by atoms with E-state index in [0.29, 0.717) is 40.2 Å². The lowest BCUT2D eigenvalue weighted by molar-refractivity contribution is 0.0958. The van der Waals surface area contributed by atoms with Crippen molar-refractivity contribution in [1.29, 1.82) is 0 Å². The summed E-state index contributed by atoms with van der Waals surface area (Å²) in [5.74, 6) is 0.488. The maximum Gasteiger partial charge on any atom is 0.271 e. The third kappa shape index (κ3) is 3.92. The van der Waals surface area contributed by atoms with E-state index in [-0.39, 0.29) is 16.5 Å². The van der Waals surface area contributed by atoms with Gasteiger partial charge in [0, 0.05) is 29.4 Å². The Balaban J connectivity index is 1.81. The molecule has 1 saturated carbocycles. The van der Waals surface area contributed by atoms with Crippen LogP contribution in [0.5, 0.6) is 5.88 Å². The summed E-state index contributed by atoms with van der Waals surface area (Å²) in [6.07, 6.45) is 5.96. The largest absolute Gasteiger partial charge is 0.477 e. The highest BCUT2D eigenvalue weighted by Gasteiger charge is 2.20. The monoisotopic (exact) mass is 416 g/mol. The van der Waals surface area contributed by atoms with Gasteiger partial charge in [0.25, 0.3) is 5.91 Å². The van der Waals surface area contributed by atoms with E-state index in [4.69, 9.17) is 9.88 Å². The molecule has 0 aliphatic heterocycles. The first-order valence-electron chi connectivity index (χ1n) is 9.71. The van der Waals surface area contributed by atoms with Gasteiger partial charge in [0.2, 0.25) is 15.9 Å². The molecule has 1 aliphatic carbocycles. The number of amides is 1. The summed E-state index contributed by atoms with van der Waals surface area (Å²) in [4.78, 5) is 20.0. The van der Waals surface area contributed by atoms with E-state index < -0.39 is 10.0 Å². The maximum atomic E-state index is 12.4. The Morgan fingerprint density at radius 2 is 2.00 bits per heavy atom. The van der Waals surface area contributed by atoms with Gasteiger partial charge in [-0.2, -0.15) is 0 Å². The fourth-order valence-corrected chi connectivity index (χ4v) is 4.48. The molecular formula is C20H24N4O4S. The topological polar surface area (TPSA) is 127 Å². The molecule has 0 bridgehead atoms. The number of sulfonamides is 1. The Morgan fingerprint density at radius 1 is 1.24 bits per heavy atom. The van der Waals surface area contributed by atoms with Gasteiger partial charge in [0.1, 0.15) is 0 Å². The molecule has 2 heterocycles. The van der Waals surface area contributed by atoms with E-state index in [0.717, 1.165) is 12.8 Å². The molecule has 154 valence electrons. The van der Waals surface area contributed by atoms with Gasteiger partial charge in [-0.1, -0.05) is 19.3 Å². The van der Waals surface area contributed by atoms with Crippen LogP contribution in [-0.4, -0.2) is 37.9 Å². The highest BCUT2D eigenvalue weighted by atomic mass is 32.2. The van der Waals surface area contributed by atoms with E-state index in [2.05, 4.69) is 15.3 Å². The number of pyridine rings is 1. The number of H-pyrrole nitrogens is 1. The van der Waals surface area contributed by atoms with Crippen LogP contribution in [0.25, 0.3) is 21.8 Å². The first-order valence-corrected chi connectivity index (χ1v) is 11.3. The van der Waals surface area contributed by atoms with E-state index in [9.17, 15) is 13.2 Å². The van der Waals surface area contributed by atoms with E-state index in [1.807, 2.05) is 0 Å². The highest BCUT2D eigenvalue weighted by molar-refractivity contribution is 7.89. The van der Waals surface area contributed by atoms with Crippen LogP contribution in [0.15, 0.2) is 29.2 Å². The molecule has 1 aliphatic rings. The van der Waals surface area contributed by atoms with Crippen molar-refractivity contribution in [2.24, 2.45) is 11.1 Å². The molecule has 1 amide bonds. The number of fused-ring (bicyclic) bond motifs is 3. The molecule has 0 spiro atoms. The minimum atomic E-state index is -3.85. The van der Waals surface area contributed by atoms with Crippen molar-refractivity contribution in [3.63, 3.8) is 0 Å².